The van der Waals surface area contributed by atoms with Gasteiger partial charge in [-0.15, -0.1) is 5.10 Å². The molecular formula is C17H12FN3O4S. The van der Waals surface area contributed by atoms with Crippen molar-refractivity contribution in [3.05, 3.63) is 78.1 Å². The fourth-order valence-corrected chi connectivity index (χ4v) is 2.51. The van der Waals surface area contributed by atoms with Crippen molar-refractivity contribution in [2.24, 2.45) is 0 Å². The molecule has 132 valence electrons. The lowest BCUT2D eigenvalue weighted by Gasteiger charge is -2.03. The fourth-order valence-electron chi connectivity index (χ4n) is 2.17. The van der Waals surface area contributed by atoms with Crippen molar-refractivity contribution in [3.63, 3.8) is 0 Å². The Morgan fingerprint density at radius 3 is 2.42 bits per heavy atom. The number of carbonyl (C=O) groups excluding carboxylic acids is 1. The molecule has 7 nitrogen and oxygen atoms in total. The molecule has 26 heavy (non-hydrogen) atoms. The summed E-state index contributed by atoms with van der Waals surface area (Å²) in [6.07, 6.45) is 4.22. The zero-order valence-corrected chi connectivity index (χ0v) is 14.0. The van der Waals surface area contributed by atoms with Crippen LogP contribution in [0.3, 0.4) is 0 Å². The maximum Gasteiger partial charge on any atom is 0.488 e. The molecule has 1 heterocycles. The summed E-state index contributed by atoms with van der Waals surface area (Å²) in [6, 6.07) is 14.6. The number of halogens is 1. The van der Waals surface area contributed by atoms with E-state index in [1.54, 1.807) is 12.1 Å². The Balaban J connectivity index is 1.76. The standard InChI is InChI=1S/C17H12FN3O4S/c18-26(23,24)25-15-9-6-13(7-10-15)8-11-17(22)16-12-19-20-21(16)14-4-2-1-3-5-14/h1-12H/b11-8+. The summed E-state index contributed by atoms with van der Waals surface area (Å²) in [5, 5.41) is 7.68. The Labute approximate surface area is 148 Å². The molecule has 1 aromatic heterocycles. The third-order valence-electron chi connectivity index (χ3n) is 3.31. The van der Waals surface area contributed by atoms with Crippen LogP contribution in [0.4, 0.5) is 3.89 Å². The maximum atomic E-state index is 12.4. The molecular weight excluding hydrogens is 361 g/mol. The van der Waals surface area contributed by atoms with Crippen LogP contribution in [0.2, 0.25) is 0 Å². The van der Waals surface area contributed by atoms with Gasteiger partial charge in [0.1, 0.15) is 11.4 Å². The summed E-state index contributed by atoms with van der Waals surface area (Å²) in [5.41, 5.74) is 1.59. The molecule has 0 N–H and O–H groups in total. The molecule has 9 heteroatoms. The molecule has 0 aliphatic rings. The molecule has 0 spiro atoms. The molecule has 0 aliphatic carbocycles. The largest absolute Gasteiger partial charge is 0.488 e. The molecule has 0 fully saturated rings. The van der Waals surface area contributed by atoms with Crippen molar-refractivity contribution in [2.45, 2.75) is 0 Å². The van der Waals surface area contributed by atoms with E-state index < -0.39 is 10.5 Å². The van der Waals surface area contributed by atoms with Crippen molar-refractivity contribution in [1.29, 1.82) is 0 Å². The highest BCUT2D eigenvalue weighted by atomic mass is 32.3. The van der Waals surface area contributed by atoms with E-state index in [1.807, 2.05) is 18.2 Å². The molecule has 2 aromatic carbocycles. The highest BCUT2D eigenvalue weighted by molar-refractivity contribution is 7.81. The third kappa shape index (κ3) is 4.39. The SMILES string of the molecule is O=C(/C=C/c1ccc(OS(=O)(=O)F)cc1)c1cnnn1-c1ccccc1. The third-order valence-corrected chi connectivity index (χ3v) is 3.70. The Bertz CT molecular complexity index is 1050. The van der Waals surface area contributed by atoms with Crippen LogP contribution in [0.15, 0.2) is 66.9 Å². The number of aromatic nitrogens is 3. The van der Waals surface area contributed by atoms with Gasteiger partial charge in [-0.05, 0) is 35.9 Å². The van der Waals surface area contributed by atoms with E-state index in [0.717, 1.165) is 0 Å². The highest BCUT2D eigenvalue weighted by Crippen LogP contribution is 2.16. The minimum Gasteiger partial charge on any atom is -0.358 e. The van der Waals surface area contributed by atoms with Gasteiger partial charge in [-0.25, -0.2) is 4.68 Å². The molecule has 3 aromatic rings. The minimum absolute atomic E-state index is 0.165. The fraction of sp³-hybridized carbons (Fsp3) is 0. The zero-order chi connectivity index (χ0) is 18.6. The first kappa shape index (κ1) is 17.5. The summed E-state index contributed by atoms with van der Waals surface area (Å²) in [7, 11) is -5.07. The topological polar surface area (TPSA) is 91.2 Å². The van der Waals surface area contributed by atoms with Crippen LogP contribution in [0, 0.1) is 0 Å². The van der Waals surface area contributed by atoms with Crippen LogP contribution in [-0.4, -0.2) is 29.2 Å². The molecule has 0 bridgehead atoms. The Hall–Kier alpha value is -3.33. The first-order valence-electron chi connectivity index (χ1n) is 7.35. The predicted octanol–water partition coefficient (Wildman–Crippen LogP) is 2.76. The van der Waals surface area contributed by atoms with Crippen molar-refractivity contribution < 1.29 is 21.3 Å². The smallest absolute Gasteiger partial charge is 0.358 e. The van der Waals surface area contributed by atoms with E-state index >= 15 is 0 Å². The van der Waals surface area contributed by atoms with Gasteiger partial charge < -0.3 is 4.18 Å². The Kier molecular flexibility index (Phi) is 4.90. The van der Waals surface area contributed by atoms with E-state index in [2.05, 4.69) is 14.5 Å². The van der Waals surface area contributed by atoms with Gasteiger partial charge in [0.15, 0.2) is 0 Å². The number of carbonyl (C=O) groups is 1. The van der Waals surface area contributed by atoms with Crippen LogP contribution in [-0.2, 0) is 10.5 Å². The molecule has 0 aliphatic heterocycles. The van der Waals surface area contributed by atoms with Gasteiger partial charge in [0.25, 0.3) is 0 Å². The van der Waals surface area contributed by atoms with E-state index in [1.165, 1.54) is 47.3 Å². The number of hydrogen-bond donors (Lipinski definition) is 0. The van der Waals surface area contributed by atoms with Crippen LogP contribution in [0.1, 0.15) is 16.1 Å². The molecule has 0 saturated carbocycles. The van der Waals surface area contributed by atoms with Crippen LogP contribution in [0.5, 0.6) is 5.75 Å². The van der Waals surface area contributed by atoms with Gasteiger partial charge in [0.05, 0.1) is 11.9 Å². The van der Waals surface area contributed by atoms with Gasteiger partial charge in [-0.1, -0.05) is 45.5 Å². The molecule has 0 amide bonds. The Morgan fingerprint density at radius 2 is 1.77 bits per heavy atom. The van der Waals surface area contributed by atoms with Crippen molar-refractivity contribution in [1.82, 2.24) is 15.0 Å². The molecule has 0 unspecified atom stereocenters. The lowest BCUT2D eigenvalue weighted by atomic mass is 10.1. The second-order valence-electron chi connectivity index (χ2n) is 5.11. The summed E-state index contributed by atoms with van der Waals surface area (Å²) in [4.78, 5) is 12.4. The van der Waals surface area contributed by atoms with Crippen LogP contribution in [0.25, 0.3) is 11.8 Å². The van der Waals surface area contributed by atoms with Gasteiger partial charge >= 0.3 is 10.5 Å². The van der Waals surface area contributed by atoms with E-state index in [-0.39, 0.29) is 17.2 Å². The van der Waals surface area contributed by atoms with Crippen molar-refractivity contribution in [3.8, 4) is 11.4 Å². The number of rotatable bonds is 6. The van der Waals surface area contributed by atoms with Crippen molar-refractivity contribution in [2.75, 3.05) is 0 Å². The predicted molar refractivity (Wildman–Crippen MR) is 91.8 cm³/mol. The molecule has 0 saturated heterocycles. The Morgan fingerprint density at radius 1 is 1.08 bits per heavy atom. The summed E-state index contributed by atoms with van der Waals surface area (Å²) in [5.74, 6) is -0.479. The van der Waals surface area contributed by atoms with Crippen LogP contribution >= 0.6 is 0 Å². The second-order valence-corrected chi connectivity index (χ2v) is 6.06. The number of ketones is 1. The normalized spacial score (nSPS) is 11.6. The number of benzene rings is 2. The minimum atomic E-state index is -5.07. The zero-order valence-electron chi connectivity index (χ0n) is 13.2. The van der Waals surface area contributed by atoms with Crippen LogP contribution < -0.4 is 4.18 Å². The average Bonchev–Trinajstić information content (AvgIpc) is 3.10. The van der Waals surface area contributed by atoms with E-state index in [0.29, 0.717) is 11.3 Å². The van der Waals surface area contributed by atoms with Gasteiger partial charge in [-0.2, -0.15) is 8.42 Å². The average molecular weight is 373 g/mol. The first-order chi connectivity index (χ1) is 12.4. The molecule has 3 rings (SSSR count). The lowest BCUT2D eigenvalue weighted by Crippen LogP contribution is -2.06. The number of para-hydroxylation sites is 1. The molecule has 0 atom stereocenters. The van der Waals surface area contributed by atoms with Crippen molar-refractivity contribution >= 4 is 22.4 Å². The molecule has 0 radical (unpaired) electrons. The summed E-state index contributed by atoms with van der Waals surface area (Å²) < 4.78 is 38.8. The maximum absolute atomic E-state index is 12.4. The summed E-state index contributed by atoms with van der Waals surface area (Å²) >= 11 is 0. The van der Waals surface area contributed by atoms with Gasteiger partial charge in [-0.3, -0.25) is 4.79 Å². The second kappa shape index (κ2) is 7.28. The van der Waals surface area contributed by atoms with E-state index in [4.69, 9.17) is 0 Å². The quantitative estimate of drug-likeness (QED) is 0.375. The number of allylic oxidation sites excluding steroid dienone is 1. The summed E-state index contributed by atoms with van der Waals surface area (Å²) in [6.45, 7) is 0. The van der Waals surface area contributed by atoms with Gasteiger partial charge in [0.2, 0.25) is 5.78 Å². The lowest BCUT2D eigenvalue weighted by molar-refractivity contribution is 0.104. The first-order valence-corrected chi connectivity index (χ1v) is 8.66. The van der Waals surface area contributed by atoms with Gasteiger partial charge in [0, 0.05) is 0 Å². The van der Waals surface area contributed by atoms with E-state index in [9.17, 15) is 17.1 Å². The number of hydrogen-bond acceptors (Lipinski definition) is 6. The highest BCUT2D eigenvalue weighted by Gasteiger charge is 2.12. The monoisotopic (exact) mass is 373 g/mol. The number of nitrogens with zero attached hydrogens (tertiary/aromatic N) is 3.